The highest BCUT2D eigenvalue weighted by Crippen LogP contribution is 1.93. The summed E-state index contributed by atoms with van der Waals surface area (Å²) in [5, 5.41) is 0. The second-order valence-corrected chi connectivity index (χ2v) is 59.9. The van der Waals surface area contributed by atoms with Crippen LogP contribution in [-0.4, -0.2) is 60.9 Å². The summed E-state index contributed by atoms with van der Waals surface area (Å²) in [6.45, 7) is 0. The van der Waals surface area contributed by atoms with E-state index in [1.54, 1.807) is 0 Å². The van der Waals surface area contributed by atoms with Crippen LogP contribution in [0.15, 0.2) is 0 Å². The third-order valence-electron chi connectivity index (χ3n) is 2.40. The molecular weight excluding hydrogens is 263 g/mol. The van der Waals surface area contributed by atoms with Gasteiger partial charge in [0, 0.05) is 26.7 Å². The molecule has 0 aromatic heterocycles. The predicted octanol–water partition coefficient (Wildman–Crippen LogP) is -3.50. The molecule has 1 aliphatic heterocycles. The summed E-state index contributed by atoms with van der Waals surface area (Å²) in [6, 6.07) is 0. The fourth-order valence-corrected chi connectivity index (χ4v) is 248. The average Bonchev–Trinajstić information content (AvgIpc) is 2.05. The molecular formula is C2H14Cl2Si6. The highest BCUT2D eigenvalue weighted by atomic mass is 35.5. The third-order valence-corrected chi connectivity index (χ3v) is 127. The molecule has 0 bridgehead atoms. The Morgan fingerprint density at radius 2 is 1.10 bits per heavy atom. The standard InChI is InChI=1S/C2H14Cl2Si6/c3-1-9-5-7-10(2-4)8-6-9/h9-10H,1-2,5-8H2. The van der Waals surface area contributed by atoms with Crippen molar-refractivity contribution >= 4 is 73.1 Å². The molecule has 1 aliphatic rings. The molecule has 0 aromatic carbocycles. The maximum atomic E-state index is 5.93. The van der Waals surface area contributed by atoms with E-state index in [0.29, 0.717) is 34.2 Å². The first kappa shape index (κ1) is 9.97. The van der Waals surface area contributed by atoms with Crippen molar-refractivity contribution in [2.45, 2.75) is 0 Å². The Morgan fingerprint density at radius 1 is 0.800 bits per heavy atom. The Bertz CT molecular complexity index is 79.7. The van der Waals surface area contributed by atoms with Gasteiger partial charge in [0.25, 0.3) is 0 Å². The molecule has 0 aliphatic carbocycles. The van der Waals surface area contributed by atoms with Crippen LogP contribution in [0.1, 0.15) is 0 Å². The van der Waals surface area contributed by atoms with E-state index in [1.165, 1.54) is 11.0 Å². The zero-order valence-corrected chi connectivity index (χ0v) is 15.6. The Balaban J connectivity index is 2.17. The highest BCUT2D eigenvalue weighted by Gasteiger charge is 2.22. The number of halogens is 2. The minimum Gasteiger partial charge on any atom is -0.131 e. The van der Waals surface area contributed by atoms with Crippen LogP contribution in [0, 0.1) is 0 Å². The van der Waals surface area contributed by atoms with E-state index >= 15 is 0 Å². The van der Waals surface area contributed by atoms with Crippen LogP contribution in [-0.2, 0) is 0 Å². The minimum atomic E-state index is -0.0150. The van der Waals surface area contributed by atoms with Crippen LogP contribution in [0.3, 0.4) is 0 Å². The van der Waals surface area contributed by atoms with Crippen LogP contribution < -0.4 is 0 Å². The van der Waals surface area contributed by atoms with Gasteiger partial charge in [-0.15, -0.1) is 23.2 Å². The summed E-state index contributed by atoms with van der Waals surface area (Å²) in [7, 11) is 2.30. The molecule has 1 rings (SSSR count). The second-order valence-electron chi connectivity index (χ2n) is 3.20. The first-order valence-electron chi connectivity index (χ1n) is 3.98. The number of hydrogen-bond acceptors (Lipinski definition) is 0. The molecule has 0 radical (unpaired) electrons. The SMILES string of the molecule is ClC[SiH]1[SiH2][SiH2][SiH](CCl)[SiH2][SiH2]1. The first-order valence-corrected chi connectivity index (χ1v) is 27.7. The van der Waals surface area contributed by atoms with Gasteiger partial charge in [0.2, 0.25) is 0 Å². The van der Waals surface area contributed by atoms with Crippen molar-refractivity contribution in [1.82, 2.24) is 0 Å². The van der Waals surface area contributed by atoms with Crippen molar-refractivity contribution in [3.05, 3.63) is 0 Å². The van der Waals surface area contributed by atoms with Gasteiger partial charge in [-0.1, -0.05) is 0 Å². The van der Waals surface area contributed by atoms with Gasteiger partial charge in [-0.3, -0.25) is 0 Å². The molecule has 1 saturated heterocycles. The second kappa shape index (κ2) is 5.51. The monoisotopic (exact) mass is 276 g/mol. The maximum absolute atomic E-state index is 5.93. The van der Waals surface area contributed by atoms with E-state index in [0.717, 1.165) is 0 Å². The molecule has 0 atom stereocenters. The molecule has 0 saturated carbocycles. The Hall–Kier alpha value is 1.88. The van der Waals surface area contributed by atoms with Gasteiger partial charge in [-0.2, -0.15) is 0 Å². The van der Waals surface area contributed by atoms with E-state index < -0.39 is 0 Å². The van der Waals surface area contributed by atoms with Crippen molar-refractivity contribution in [3.63, 3.8) is 0 Å². The highest BCUT2D eigenvalue weighted by molar-refractivity contribution is 7.83. The van der Waals surface area contributed by atoms with Crippen molar-refractivity contribution in [2.24, 2.45) is 0 Å². The molecule has 60 valence electrons. The summed E-state index contributed by atoms with van der Waals surface area (Å²) in [5.41, 5.74) is 2.39. The van der Waals surface area contributed by atoms with E-state index in [1.807, 2.05) is 0 Å². The Labute approximate surface area is 83.7 Å². The zero-order chi connectivity index (χ0) is 7.40. The van der Waals surface area contributed by atoms with Crippen molar-refractivity contribution in [2.75, 3.05) is 11.0 Å². The molecule has 10 heavy (non-hydrogen) atoms. The van der Waals surface area contributed by atoms with Crippen molar-refractivity contribution < 1.29 is 0 Å². The van der Waals surface area contributed by atoms with Crippen LogP contribution in [0.25, 0.3) is 0 Å². The predicted molar refractivity (Wildman–Crippen MR) is 69.9 cm³/mol. The van der Waals surface area contributed by atoms with Gasteiger partial charge >= 0.3 is 0 Å². The first-order chi connectivity index (χ1) is 4.86. The van der Waals surface area contributed by atoms with Gasteiger partial charge in [-0.25, -0.2) is 0 Å². The Kier molecular flexibility index (Phi) is 5.49. The van der Waals surface area contributed by atoms with Crippen LogP contribution in [0.5, 0.6) is 0 Å². The molecule has 0 nitrogen and oxygen atoms in total. The topological polar surface area (TPSA) is 0 Å². The quantitative estimate of drug-likeness (QED) is 0.363. The largest absolute Gasteiger partial charge is 0.131 e. The molecule has 0 amide bonds. The van der Waals surface area contributed by atoms with Gasteiger partial charge < -0.3 is 0 Å². The molecule has 0 aromatic rings. The van der Waals surface area contributed by atoms with E-state index in [-0.39, 0.29) is 15.7 Å². The maximum Gasteiger partial charge on any atom is 0.0242 e. The van der Waals surface area contributed by atoms with Gasteiger partial charge in [0.15, 0.2) is 0 Å². The smallest absolute Gasteiger partial charge is 0.0242 e. The summed E-state index contributed by atoms with van der Waals surface area (Å²) in [5.74, 6) is 0. The summed E-state index contributed by atoms with van der Waals surface area (Å²) >= 11 is 11.9. The third kappa shape index (κ3) is 3.09. The summed E-state index contributed by atoms with van der Waals surface area (Å²) < 4.78 is 0. The van der Waals surface area contributed by atoms with E-state index in [4.69, 9.17) is 23.2 Å². The summed E-state index contributed by atoms with van der Waals surface area (Å²) in [6.07, 6.45) is 0. The fourth-order valence-electron chi connectivity index (χ4n) is 1.54. The normalized spacial score (nSPS) is 43.8. The van der Waals surface area contributed by atoms with Gasteiger partial charge in [-0.05, 0) is 34.2 Å². The lowest BCUT2D eigenvalue weighted by molar-refractivity contribution is 2.13. The molecule has 1 fully saturated rings. The van der Waals surface area contributed by atoms with Crippen molar-refractivity contribution in [1.29, 1.82) is 0 Å². The van der Waals surface area contributed by atoms with Crippen LogP contribution in [0.4, 0.5) is 0 Å². The Morgan fingerprint density at radius 3 is 1.30 bits per heavy atom. The van der Waals surface area contributed by atoms with Crippen LogP contribution in [0.2, 0.25) is 0 Å². The lowest BCUT2D eigenvalue weighted by Crippen LogP contribution is -2.56. The molecule has 1 heterocycles. The number of rotatable bonds is 2. The number of hydrogen-bond donors (Lipinski definition) is 0. The van der Waals surface area contributed by atoms with Crippen molar-refractivity contribution in [3.8, 4) is 0 Å². The fraction of sp³-hybridized carbons (Fsp3) is 1.00. The molecule has 0 spiro atoms. The lowest BCUT2D eigenvalue weighted by Gasteiger charge is -2.21. The average molecular weight is 278 g/mol. The molecule has 0 N–H and O–H groups in total. The minimum absolute atomic E-state index is 0.0150. The van der Waals surface area contributed by atoms with E-state index in [9.17, 15) is 0 Å². The summed E-state index contributed by atoms with van der Waals surface area (Å²) in [4.78, 5) is 0. The van der Waals surface area contributed by atoms with Gasteiger partial charge in [0.05, 0.1) is 0 Å². The number of alkyl halides is 2. The molecule has 0 unspecified atom stereocenters. The lowest BCUT2D eigenvalue weighted by atomic mass is 11.9. The van der Waals surface area contributed by atoms with E-state index in [2.05, 4.69) is 0 Å². The van der Waals surface area contributed by atoms with Crippen LogP contribution >= 0.6 is 23.2 Å². The van der Waals surface area contributed by atoms with Gasteiger partial charge in [0.1, 0.15) is 0 Å². The zero-order valence-electron chi connectivity index (χ0n) is 6.15. The molecule has 8 heteroatoms.